The third-order valence-electron chi connectivity index (χ3n) is 3.66. The largest absolute Gasteiger partial charge is 0.464 e. The Labute approximate surface area is 159 Å². The average Bonchev–Trinajstić information content (AvgIpc) is 3.03. The lowest BCUT2D eigenvalue weighted by molar-refractivity contribution is 0.0479. The number of esters is 1. The molecule has 2 rings (SSSR count). The van der Waals surface area contributed by atoms with Gasteiger partial charge in [0.15, 0.2) is 11.5 Å². The normalized spacial score (nSPS) is 12.6. The summed E-state index contributed by atoms with van der Waals surface area (Å²) in [5.74, 6) is -0.141. The maximum atomic E-state index is 12.2. The minimum atomic E-state index is -0.630. The van der Waals surface area contributed by atoms with Crippen LogP contribution in [0.4, 0.5) is 4.79 Å². The van der Waals surface area contributed by atoms with Crippen LogP contribution in [0.2, 0.25) is 0 Å². The van der Waals surface area contributed by atoms with Crippen LogP contribution in [0.25, 0.3) is 11.3 Å². The predicted molar refractivity (Wildman–Crippen MR) is 100 cm³/mol. The van der Waals surface area contributed by atoms with E-state index >= 15 is 0 Å². The zero-order valence-electron chi connectivity index (χ0n) is 16.5. The second-order valence-corrected chi connectivity index (χ2v) is 7.46. The summed E-state index contributed by atoms with van der Waals surface area (Å²) in [6.07, 6.45) is -0.583. The number of aromatic nitrogens is 1. The molecule has 1 aromatic carbocycles. The number of hydrogen-bond donors (Lipinski definition) is 1. The van der Waals surface area contributed by atoms with Crippen molar-refractivity contribution in [3.05, 3.63) is 41.9 Å². The van der Waals surface area contributed by atoms with E-state index in [2.05, 4.69) is 10.3 Å². The highest BCUT2D eigenvalue weighted by Crippen LogP contribution is 2.30. The lowest BCUT2D eigenvalue weighted by atomic mass is 10.0. The van der Waals surface area contributed by atoms with E-state index in [1.165, 1.54) is 7.11 Å². The van der Waals surface area contributed by atoms with Crippen LogP contribution in [0.3, 0.4) is 0 Å². The van der Waals surface area contributed by atoms with Crippen molar-refractivity contribution in [1.82, 2.24) is 10.3 Å². The highest BCUT2D eigenvalue weighted by Gasteiger charge is 2.30. The molecule has 0 radical (unpaired) electrons. The van der Waals surface area contributed by atoms with Crippen molar-refractivity contribution in [1.29, 1.82) is 0 Å². The molecule has 146 valence electrons. The molecule has 1 heterocycles. The van der Waals surface area contributed by atoms with Crippen molar-refractivity contribution >= 4 is 12.1 Å². The minimum absolute atomic E-state index is 0.0507. The molecule has 1 unspecified atom stereocenters. The molecule has 27 heavy (non-hydrogen) atoms. The van der Waals surface area contributed by atoms with Gasteiger partial charge < -0.3 is 19.2 Å². The Bertz CT molecular complexity index is 790. The van der Waals surface area contributed by atoms with Crippen molar-refractivity contribution in [2.24, 2.45) is 5.92 Å². The molecule has 0 aliphatic heterocycles. The van der Waals surface area contributed by atoms with E-state index in [0.29, 0.717) is 11.3 Å². The van der Waals surface area contributed by atoms with Gasteiger partial charge in [-0.1, -0.05) is 44.2 Å². The maximum absolute atomic E-state index is 12.2. The monoisotopic (exact) mass is 374 g/mol. The smallest absolute Gasteiger partial charge is 0.408 e. The number of ether oxygens (including phenoxy) is 2. The Balaban J connectivity index is 2.41. The number of nitrogens with zero attached hydrogens (tertiary/aromatic N) is 1. The fourth-order valence-electron chi connectivity index (χ4n) is 2.44. The zero-order chi connectivity index (χ0) is 20.2. The average molecular weight is 374 g/mol. The van der Waals surface area contributed by atoms with Crippen LogP contribution in [0, 0.1) is 5.92 Å². The van der Waals surface area contributed by atoms with Crippen LogP contribution in [0.15, 0.2) is 34.7 Å². The lowest BCUT2D eigenvalue weighted by Crippen LogP contribution is -2.37. The van der Waals surface area contributed by atoms with Crippen LogP contribution in [0.5, 0.6) is 0 Å². The van der Waals surface area contributed by atoms with E-state index in [9.17, 15) is 9.59 Å². The van der Waals surface area contributed by atoms with Gasteiger partial charge >= 0.3 is 12.1 Å². The van der Waals surface area contributed by atoms with Crippen LogP contribution >= 0.6 is 0 Å². The van der Waals surface area contributed by atoms with E-state index in [4.69, 9.17) is 13.9 Å². The molecule has 1 atom stereocenters. The number of nitrogens with one attached hydrogen (secondary N) is 1. The Morgan fingerprint density at radius 1 is 1.15 bits per heavy atom. The van der Waals surface area contributed by atoms with Gasteiger partial charge in [0.25, 0.3) is 0 Å². The molecule has 0 aliphatic rings. The maximum Gasteiger partial charge on any atom is 0.408 e. The van der Waals surface area contributed by atoms with Crippen molar-refractivity contribution < 1.29 is 23.5 Å². The number of carbonyl (C=O) groups excluding carboxylic acids is 2. The number of oxazole rings is 1. The SMILES string of the molecule is COC(=O)c1nc(C(NC(=O)OC(C)(C)C)C(C)C)oc1-c1ccccc1. The molecule has 0 bridgehead atoms. The summed E-state index contributed by atoms with van der Waals surface area (Å²) >= 11 is 0. The van der Waals surface area contributed by atoms with E-state index < -0.39 is 23.7 Å². The molecule has 0 spiro atoms. The second-order valence-electron chi connectivity index (χ2n) is 7.46. The Hall–Kier alpha value is -2.83. The number of hydrogen-bond acceptors (Lipinski definition) is 6. The van der Waals surface area contributed by atoms with Gasteiger partial charge in [-0.05, 0) is 26.7 Å². The van der Waals surface area contributed by atoms with Crippen molar-refractivity contribution in [2.45, 2.75) is 46.3 Å². The van der Waals surface area contributed by atoms with Crippen LogP contribution in [-0.4, -0.2) is 29.8 Å². The molecule has 0 aliphatic carbocycles. The zero-order valence-corrected chi connectivity index (χ0v) is 16.5. The molecular weight excluding hydrogens is 348 g/mol. The number of alkyl carbamates (subject to hydrolysis) is 1. The first kappa shape index (κ1) is 20.5. The predicted octanol–water partition coefficient (Wildman–Crippen LogP) is 4.35. The molecular formula is C20H26N2O5. The van der Waals surface area contributed by atoms with Gasteiger partial charge in [-0.2, -0.15) is 0 Å². The van der Waals surface area contributed by atoms with Gasteiger partial charge in [0, 0.05) is 5.56 Å². The molecule has 0 saturated heterocycles. The molecule has 1 N–H and O–H groups in total. The summed E-state index contributed by atoms with van der Waals surface area (Å²) < 4.78 is 16.0. The van der Waals surface area contributed by atoms with E-state index in [1.54, 1.807) is 20.8 Å². The van der Waals surface area contributed by atoms with E-state index in [0.717, 1.165) is 0 Å². The summed E-state index contributed by atoms with van der Waals surface area (Å²) in [7, 11) is 1.28. The first-order valence-corrected chi connectivity index (χ1v) is 8.76. The molecule has 1 aromatic heterocycles. The Morgan fingerprint density at radius 3 is 2.30 bits per heavy atom. The van der Waals surface area contributed by atoms with Gasteiger partial charge in [0.05, 0.1) is 7.11 Å². The number of amides is 1. The first-order chi connectivity index (χ1) is 12.6. The third kappa shape index (κ3) is 5.32. The van der Waals surface area contributed by atoms with Crippen LogP contribution in [0.1, 0.15) is 57.0 Å². The Kier molecular flexibility index (Phi) is 6.25. The quantitative estimate of drug-likeness (QED) is 0.783. The summed E-state index contributed by atoms with van der Waals surface area (Å²) in [6.45, 7) is 9.17. The topological polar surface area (TPSA) is 90.7 Å². The third-order valence-corrected chi connectivity index (χ3v) is 3.66. The van der Waals surface area contributed by atoms with Crippen LogP contribution in [-0.2, 0) is 9.47 Å². The number of benzene rings is 1. The molecule has 7 heteroatoms. The second kappa shape index (κ2) is 8.24. The highest BCUT2D eigenvalue weighted by molar-refractivity contribution is 5.93. The lowest BCUT2D eigenvalue weighted by Gasteiger charge is -2.24. The van der Waals surface area contributed by atoms with Crippen molar-refractivity contribution in [2.75, 3.05) is 7.11 Å². The highest BCUT2D eigenvalue weighted by atomic mass is 16.6. The summed E-state index contributed by atoms with van der Waals surface area (Å²) in [6, 6.07) is 8.57. The number of carbonyl (C=O) groups is 2. The van der Waals surface area contributed by atoms with E-state index in [1.807, 2.05) is 44.2 Å². The number of methoxy groups -OCH3 is 1. The minimum Gasteiger partial charge on any atom is -0.464 e. The number of rotatable bonds is 5. The summed E-state index contributed by atoms with van der Waals surface area (Å²) in [5.41, 5.74) is 0.126. The molecule has 0 fully saturated rings. The first-order valence-electron chi connectivity index (χ1n) is 8.76. The molecule has 0 saturated carbocycles. The van der Waals surface area contributed by atoms with E-state index in [-0.39, 0.29) is 17.5 Å². The molecule has 1 amide bonds. The van der Waals surface area contributed by atoms with Crippen molar-refractivity contribution in [3.8, 4) is 11.3 Å². The van der Waals surface area contributed by atoms with Gasteiger partial charge in [0.1, 0.15) is 11.6 Å². The fraction of sp³-hybridized carbons (Fsp3) is 0.450. The fourth-order valence-corrected chi connectivity index (χ4v) is 2.44. The Morgan fingerprint density at radius 2 is 1.78 bits per heavy atom. The van der Waals surface area contributed by atoms with Crippen LogP contribution < -0.4 is 5.32 Å². The van der Waals surface area contributed by atoms with Crippen molar-refractivity contribution in [3.63, 3.8) is 0 Å². The van der Waals surface area contributed by atoms with Gasteiger partial charge in [-0.3, -0.25) is 0 Å². The molecule has 7 nitrogen and oxygen atoms in total. The molecule has 2 aromatic rings. The summed E-state index contributed by atoms with van der Waals surface area (Å²) in [5, 5.41) is 2.77. The standard InChI is InChI=1S/C20H26N2O5/c1-12(2)14(22-19(24)27-20(3,4)5)17-21-15(18(23)25-6)16(26-17)13-10-8-7-9-11-13/h7-12,14H,1-6H3,(H,22,24). The van der Waals surface area contributed by atoms with Gasteiger partial charge in [-0.25, -0.2) is 14.6 Å². The van der Waals surface area contributed by atoms with Gasteiger partial charge in [-0.15, -0.1) is 0 Å². The van der Waals surface area contributed by atoms with Gasteiger partial charge in [0.2, 0.25) is 5.89 Å². The summed E-state index contributed by atoms with van der Waals surface area (Å²) in [4.78, 5) is 28.7.